The standard InChI is InChI=1S/C13H13NO/c15-13-10-5-2-1-4-9(10)8-12-11(13)6-3-7-14-12/h1-2,4-5,8,14-15H,3,6-7H2. The summed E-state index contributed by atoms with van der Waals surface area (Å²) < 4.78 is 0. The molecule has 1 aliphatic rings. The second-order valence-corrected chi connectivity index (χ2v) is 4.00. The number of benzene rings is 2. The van der Waals surface area contributed by atoms with Gasteiger partial charge in [0.15, 0.2) is 0 Å². The lowest BCUT2D eigenvalue weighted by atomic mass is 9.97. The molecule has 0 aliphatic carbocycles. The van der Waals surface area contributed by atoms with Gasteiger partial charge >= 0.3 is 0 Å². The normalized spacial score (nSPS) is 14.7. The van der Waals surface area contributed by atoms with Crippen LogP contribution in [0.1, 0.15) is 12.0 Å². The monoisotopic (exact) mass is 199 g/mol. The van der Waals surface area contributed by atoms with E-state index in [0.717, 1.165) is 41.4 Å². The third-order valence-corrected chi connectivity index (χ3v) is 3.05. The van der Waals surface area contributed by atoms with Crippen molar-refractivity contribution in [3.05, 3.63) is 35.9 Å². The Bertz CT molecular complexity index is 519. The molecule has 76 valence electrons. The fraction of sp³-hybridized carbons (Fsp3) is 0.231. The summed E-state index contributed by atoms with van der Waals surface area (Å²) in [5.41, 5.74) is 2.16. The third kappa shape index (κ3) is 1.25. The van der Waals surface area contributed by atoms with Gasteiger partial charge in [-0.05, 0) is 24.3 Å². The minimum atomic E-state index is 0.454. The van der Waals surface area contributed by atoms with Crippen LogP contribution >= 0.6 is 0 Å². The summed E-state index contributed by atoms with van der Waals surface area (Å²) in [4.78, 5) is 0. The first kappa shape index (κ1) is 8.60. The molecule has 0 unspecified atom stereocenters. The van der Waals surface area contributed by atoms with Crippen LogP contribution in [0, 0.1) is 0 Å². The van der Waals surface area contributed by atoms with Gasteiger partial charge < -0.3 is 10.4 Å². The molecule has 1 aliphatic heterocycles. The first-order valence-corrected chi connectivity index (χ1v) is 5.34. The Morgan fingerprint density at radius 3 is 3.00 bits per heavy atom. The van der Waals surface area contributed by atoms with E-state index < -0.39 is 0 Å². The van der Waals surface area contributed by atoms with Crippen LogP contribution in [0.25, 0.3) is 10.8 Å². The highest BCUT2D eigenvalue weighted by atomic mass is 16.3. The Labute approximate surface area is 88.5 Å². The molecule has 2 heteroatoms. The molecule has 0 radical (unpaired) electrons. The van der Waals surface area contributed by atoms with Gasteiger partial charge in [0.2, 0.25) is 0 Å². The first-order chi connectivity index (χ1) is 7.36. The number of anilines is 1. The summed E-state index contributed by atoms with van der Waals surface area (Å²) in [6, 6.07) is 10.1. The van der Waals surface area contributed by atoms with Crippen LogP contribution in [0.15, 0.2) is 30.3 Å². The molecule has 2 aromatic carbocycles. The van der Waals surface area contributed by atoms with Gasteiger partial charge in [-0.2, -0.15) is 0 Å². The van der Waals surface area contributed by atoms with Crippen molar-refractivity contribution >= 4 is 16.5 Å². The van der Waals surface area contributed by atoms with Gasteiger partial charge in [-0.1, -0.05) is 24.3 Å². The SMILES string of the molecule is Oc1c2c(cc3ccccc13)NCCC2. The molecule has 2 N–H and O–H groups in total. The summed E-state index contributed by atoms with van der Waals surface area (Å²) >= 11 is 0. The number of rotatable bonds is 0. The molecule has 0 bridgehead atoms. The zero-order valence-electron chi connectivity index (χ0n) is 8.46. The second-order valence-electron chi connectivity index (χ2n) is 4.00. The van der Waals surface area contributed by atoms with Crippen molar-refractivity contribution in [1.82, 2.24) is 0 Å². The zero-order valence-corrected chi connectivity index (χ0v) is 8.46. The van der Waals surface area contributed by atoms with Crippen LogP contribution < -0.4 is 5.32 Å². The number of phenols is 1. The average Bonchev–Trinajstić information content (AvgIpc) is 2.30. The van der Waals surface area contributed by atoms with Gasteiger partial charge in [-0.3, -0.25) is 0 Å². The van der Waals surface area contributed by atoms with Crippen LogP contribution in [0.3, 0.4) is 0 Å². The van der Waals surface area contributed by atoms with Crippen molar-refractivity contribution < 1.29 is 5.11 Å². The largest absolute Gasteiger partial charge is 0.507 e. The summed E-state index contributed by atoms with van der Waals surface area (Å²) in [5, 5.41) is 15.5. The zero-order chi connectivity index (χ0) is 10.3. The van der Waals surface area contributed by atoms with E-state index in [1.165, 1.54) is 0 Å². The predicted octanol–water partition coefficient (Wildman–Crippen LogP) is 2.90. The number of phenolic OH excluding ortho intramolecular Hbond substituents is 1. The minimum Gasteiger partial charge on any atom is -0.507 e. The molecule has 0 atom stereocenters. The Morgan fingerprint density at radius 1 is 1.20 bits per heavy atom. The maximum atomic E-state index is 10.2. The van der Waals surface area contributed by atoms with Crippen molar-refractivity contribution in [3.8, 4) is 5.75 Å². The second kappa shape index (κ2) is 3.16. The van der Waals surface area contributed by atoms with E-state index in [1.54, 1.807) is 0 Å². The number of hydrogen-bond donors (Lipinski definition) is 2. The lowest BCUT2D eigenvalue weighted by Crippen LogP contribution is -2.11. The van der Waals surface area contributed by atoms with E-state index >= 15 is 0 Å². The highest BCUT2D eigenvalue weighted by molar-refractivity contribution is 5.93. The topological polar surface area (TPSA) is 32.3 Å². The molecule has 0 aromatic heterocycles. The fourth-order valence-corrected chi connectivity index (χ4v) is 2.27. The van der Waals surface area contributed by atoms with E-state index in [1.807, 2.05) is 24.3 Å². The summed E-state index contributed by atoms with van der Waals surface area (Å²) in [6.45, 7) is 1.00. The Hall–Kier alpha value is -1.70. The van der Waals surface area contributed by atoms with Gasteiger partial charge in [0, 0.05) is 23.2 Å². The molecular formula is C13H13NO. The van der Waals surface area contributed by atoms with Gasteiger partial charge in [0.05, 0.1) is 0 Å². The van der Waals surface area contributed by atoms with Crippen molar-refractivity contribution in [2.75, 3.05) is 11.9 Å². The van der Waals surface area contributed by atoms with Crippen LogP contribution in [0.5, 0.6) is 5.75 Å². The van der Waals surface area contributed by atoms with Crippen LogP contribution in [0.4, 0.5) is 5.69 Å². The highest BCUT2D eigenvalue weighted by Crippen LogP contribution is 2.36. The van der Waals surface area contributed by atoms with E-state index in [-0.39, 0.29) is 0 Å². The van der Waals surface area contributed by atoms with Crippen molar-refractivity contribution in [2.45, 2.75) is 12.8 Å². The number of hydrogen-bond acceptors (Lipinski definition) is 2. The highest BCUT2D eigenvalue weighted by Gasteiger charge is 2.15. The lowest BCUT2D eigenvalue weighted by Gasteiger charge is -2.20. The Kier molecular flexibility index (Phi) is 1.81. The predicted molar refractivity (Wildman–Crippen MR) is 62.4 cm³/mol. The maximum Gasteiger partial charge on any atom is 0.128 e. The third-order valence-electron chi connectivity index (χ3n) is 3.05. The smallest absolute Gasteiger partial charge is 0.128 e. The molecule has 0 saturated heterocycles. The summed E-state index contributed by atoms with van der Waals surface area (Å²) in [7, 11) is 0. The van der Waals surface area contributed by atoms with Gasteiger partial charge in [-0.15, -0.1) is 0 Å². The van der Waals surface area contributed by atoms with Crippen molar-refractivity contribution in [1.29, 1.82) is 0 Å². The van der Waals surface area contributed by atoms with Crippen molar-refractivity contribution in [3.63, 3.8) is 0 Å². The molecular weight excluding hydrogens is 186 g/mol. The first-order valence-electron chi connectivity index (χ1n) is 5.34. The fourth-order valence-electron chi connectivity index (χ4n) is 2.27. The molecule has 2 aromatic rings. The molecule has 3 rings (SSSR count). The number of nitrogens with one attached hydrogen (secondary N) is 1. The van der Waals surface area contributed by atoms with E-state index in [4.69, 9.17) is 0 Å². The average molecular weight is 199 g/mol. The van der Waals surface area contributed by atoms with Crippen LogP contribution in [-0.2, 0) is 6.42 Å². The minimum absolute atomic E-state index is 0.454. The maximum absolute atomic E-state index is 10.2. The molecule has 0 spiro atoms. The molecule has 0 fully saturated rings. The summed E-state index contributed by atoms with van der Waals surface area (Å²) in [6.07, 6.45) is 2.07. The molecule has 2 nitrogen and oxygen atoms in total. The molecule has 1 heterocycles. The number of aromatic hydroxyl groups is 1. The molecule has 0 saturated carbocycles. The van der Waals surface area contributed by atoms with E-state index in [9.17, 15) is 5.11 Å². The summed E-state index contributed by atoms with van der Waals surface area (Å²) in [5.74, 6) is 0.454. The molecule has 0 amide bonds. The van der Waals surface area contributed by atoms with Gasteiger partial charge in [0.1, 0.15) is 5.75 Å². The van der Waals surface area contributed by atoms with Crippen LogP contribution in [0.2, 0.25) is 0 Å². The lowest BCUT2D eigenvalue weighted by molar-refractivity contribution is 0.473. The molecule has 15 heavy (non-hydrogen) atoms. The van der Waals surface area contributed by atoms with Gasteiger partial charge in [-0.25, -0.2) is 0 Å². The van der Waals surface area contributed by atoms with Crippen molar-refractivity contribution in [2.24, 2.45) is 0 Å². The van der Waals surface area contributed by atoms with Gasteiger partial charge in [0.25, 0.3) is 0 Å². The Morgan fingerprint density at radius 2 is 2.07 bits per heavy atom. The Balaban J connectivity index is 2.36. The number of fused-ring (bicyclic) bond motifs is 2. The van der Waals surface area contributed by atoms with E-state index in [2.05, 4.69) is 11.4 Å². The van der Waals surface area contributed by atoms with E-state index in [0.29, 0.717) is 5.75 Å². The quantitative estimate of drug-likeness (QED) is 0.683. The van der Waals surface area contributed by atoms with Crippen LogP contribution in [-0.4, -0.2) is 11.7 Å².